The van der Waals surface area contributed by atoms with E-state index in [9.17, 15) is 0 Å². The summed E-state index contributed by atoms with van der Waals surface area (Å²) in [6.45, 7) is 0. The maximum Gasteiger partial charge on any atom is 0.134 e. The Morgan fingerprint density at radius 2 is 1.58 bits per heavy atom. The predicted octanol–water partition coefficient (Wildman–Crippen LogP) is 7.19. The molecular formula is C20H15BrNPS3. The van der Waals surface area contributed by atoms with Crippen molar-refractivity contribution in [2.75, 3.05) is 6.26 Å². The van der Waals surface area contributed by atoms with Gasteiger partial charge in [0.05, 0.1) is 19.2 Å². The number of rotatable bonds is 4. The first-order valence-corrected chi connectivity index (χ1v) is 12.1. The van der Waals surface area contributed by atoms with Crippen molar-refractivity contribution in [1.29, 1.82) is 0 Å². The Kier molecular flexibility index (Phi) is 5.63. The van der Waals surface area contributed by atoms with Crippen molar-refractivity contribution in [2.45, 2.75) is 4.90 Å². The van der Waals surface area contributed by atoms with Gasteiger partial charge in [0.2, 0.25) is 0 Å². The van der Waals surface area contributed by atoms with Crippen molar-refractivity contribution in [1.82, 2.24) is 4.98 Å². The van der Waals surface area contributed by atoms with Crippen LogP contribution in [0.2, 0.25) is 0 Å². The molecule has 0 radical (unpaired) electrons. The molecule has 1 nitrogen and oxygen atoms in total. The summed E-state index contributed by atoms with van der Waals surface area (Å²) in [5.74, 6) is 0. The van der Waals surface area contributed by atoms with Crippen LogP contribution in [0.1, 0.15) is 0 Å². The summed E-state index contributed by atoms with van der Waals surface area (Å²) in [7, 11) is 2.74. The quantitative estimate of drug-likeness (QED) is 0.228. The van der Waals surface area contributed by atoms with Crippen LogP contribution in [0.25, 0.3) is 31.6 Å². The van der Waals surface area contributed by atoms with Crippen LogP contribution in [0.4, 0.5) is 0 Å². The summed E-state index contributed by atoms with van der Waals surface area (Å²) >= 11 is 8.80. The summed E-state index contributed by atoms with van der Waals surface area (Å²) in [5.41, 5.74) is 3.42. The number of thiophene rings is 1. The molecule has 0 N–H and O–H groups in total. The molecule has 130 valence electrons. The number of thioether (sulfide) groups is 1. The Bertz CT molecular complexity index is 1040. The second kappa shape index (κ2) is 7.95. The topological polar surface area (TPSA) is 12.9 Å². The molecule has 0 aliphatic heterocycles. The first kappa shape index (κ1) is 18.4. The van der Waals surface area contributed by atoms with Crippen molar-refractivity contribution in [3.63, 3.8) is 0 Å². The fraction of sp³-hybridized carbons (Fsp3) is 0.0500. The summed E-state index contributed by atoms with van der Waals surface area (Å²) < 4.78 is 1.13. The molecule has 1 unspecified atom stereocenters. The van der Waals surface area contributed by atoms with E-state index in [1.807, 2.05) is 0 Å². The first-order chi connectivity index (χ1) is 12.6. The average molecular weight is 476 g/mol. The highest BCUT2D eigenvalue weighted by Gasteiger charge is 2.17. The molecule has 2 aromatic heterocycles. The molecule has 0 bridgehead atoms. The summed E-state index contributed by atoms with van der Waals surface area (Å²) in [6, 6.07) is 21.5. The molecule has 0 fully saturated rings. The minimum absolute atomic E-state index is 1.05. The van der Waals surface area contributed by atoms with Crippen molar-refractivity contribution in [3.05, 3.63) is 64.5 Å². The number of aromatic nitrogens is 1. The first-order valence-electron chi connectivity index (χ1n) is 7.91. The van der Waals surface area contributed by atoms with E-state index >= 15 is 0 Å². The zero-order valence-corrected chi connectivity index (χ0v) is 19.1. The molecule has 0 amide bonds. The lowest BCUT2D eigenvalue weighted by Gasteiger charge is -2.04. The molecule has 0 aliphatic rings. The molecule has 0 aliphatic carbocycles. The van der Waals surface area contributed by atoms with Gasteiger partial charge in [0.1, 0.15) is 5.01 Å². The minimum atomic E-state index is 1.05. The van der Waals surface area contributed by atoms with Crippen LogP contribution in [0.3, 0.4) is 0 Å². The van der Waals surface area contributed by atoms with E-state index in [4.69, 9.17) is 4.98 Å². The molecule has 4 rings (SSSR count). The summed E-state index contributed by atoms with van der Waals surface area (Å²) in [4.78, 5) is 8.69. The molecule has 4 aromatic rings. The highest BCUT2D eigenvalue weighted by molar-refractivity contribution is 9.11. The number of nitrogens with zero attached hydrogens (tertiary/aromatic N) is 1. The molecule has 2 aromatic carbocycles. The second-order valence-corrected chi connectivity index (χ2v) is 10.7. The van der Waals surface area contributed by atoms with Crippen LogP contribution < -0.4 is 5.30 Å². The largest absolute Gasteiger partial charge is 0.235 e. The summed E-state index contributed by atoms with van der Waals surface area (Å²) in [5, 5.41) is 2.24. The lowest BCUT2D eigenvalue weighted by Crippen LogP contribution is -1.89. The van der Waals surface area contributed by atoms with Crippen molar-refractivity contribution < 1.29 is 0 Å². The van der Waals surface area contributed by atoms with E-state index in [2.05, 4.69) is 92.1 Å². The highest BCUT2D eigenvalue weighted by atomic mass is 79.9. The molecule has 2 heterocycles. The lowest BCUT2D eigenvalue weighted by atomic mass is 10.1. The smallest absolute Gasteiger partial charge is 0.134 e. The van der Waals surface area contributed by atoms with Crippen LogP contribution in [0, 0.1) is 0 Å². The molecule has 6 heteroatoms. The van der Waals surface area contributed by atoms with Gasteiger partial charge in [-0.05, 0) is 57.3 Å². The van der Waals surface area contributed by atoms with Crippen molar-refractivity contribution >= 4 is 64.9 Å². The van der Waals surface area contributed by atoms with Crippen LogP contribution in [0.5, 0.6) is 0 Å². The molecule has 26 heavy (non-hydrogen) atoms. The van der Waals surface area contributed by atoms with E-state index in [1.165, 1.54) is 25.5 Å². The fourth-order valence-electron chi connectivity index (χ4n) is 2.63. The van der Waals surface area contributed by atoms with Gasteiger partial charge in [-0.15, -0.1) is 43.7 Å². The third-order valence-corrected chi connectivity index (χ3v) is 7.97. The number of halogens is 1. The maximum atomic E-state index is 5.01. The zero-order valence-electron chi connectivity index (χ0n) is 13.9. The van der Waals surface area contributed by atoms with Crippen LogP contribution in [-0.4, -0.2) is 11.2 Å². The van der Waals surface area contributed by atoms with E-state index in [1.54, 1.807) is 34.4 Å². The number of thiazole rings is 1. The molecule has 0 spiro atoms. The van der Waals surface area contributed by atoms with Crippen LogP contribution in [0.15, 0.2) is 69.3 Å². The molecule has 0 saturated carbocycles. The third kappa shape index (κ3) is 3.83. The Hall–Kier alpha value is -0.970. The van der Waals surface area contributed by atoms with Gasteiger partial charge >= 0.3 is 0 Å². The van der Waals surface area contributed by atoms with E-state index in [0.29, 0.717) is 0 Å². The van der Waals surface area contributed by atoms with Gasteiger partial charge in [-0.3, -0.25) is 0 Å². The van der Waals surface area contributed by atoms with Crippen molar-refractivity contribution in [2.24, 2.45) is 0 Å². The van der Waals surface area contributed by atoms with Crippen molar-refractivity contribution in [3.8, 4) is 31.6 Å². The van der Waals surface area contributed by atoms with Gasteiger partial charge in [-0.25, -0.2) is 4.98 Å². The predicted molar refractivity (Wildman–Crippen MR) is 125 cm³/mol. The molecule has 1 atom stereocenters. The number of benzene rings is 2. The molecular weight excluding hydrogens is 461 g/mol. The Morgan fingerprint density at radius 1 is 0.885 bits per heavy atom. The van der Waals surface area contributed by atoms with E-state index in [0.717, 1.165) is 20.1 Å². The van der Waals surface area contributed by atoms with Gasteiger partial charge in [0.15, 0.2) is 0 Å². The SMILES string of the molecule is CSc1ccc(-c2sc(-c3ccc(Br)s3)nc2-c2ccc(P)cc2)cc1. The Labute approximate surface area is 176 Å². The average Bonchev–Trinajstić information content (AvgIpc) is 3.29. The number of hydrogen-bond acceptors (Lipinski definition) is 4. The summed E-state index contributed by atoms with van der Waals surface area (Å²) in [6.07, 6.45) is 2.10. The van der Waals surface area contributed by atoms with Gasteiger partial charge in [0.25, 0.3) is 0 Å². The highest BCUT2D eigenvalue weighted by Crippen LogP contribution is 2.43. The Morgan fingerprint density at radius 3 is 2.19 bits per heavy atom. The van der Waals surface area contributed by atoms with Crippen LogP contribution >= 0.6 is 59.6 Å². The Balaban J connectivity index is 1.86. The fourth-order valence-corrected chi connectivity index (χ4v) is 5.76. The van der Waals surface area contributed by atoms with Gasteiger partial charge in [0, 0.05) is 10.5 Å². The lowest BCUT2D eigenvalue weighted by molar-refractivity contribution is 1.41. The third-order valence-electron chi connectivity index (χ3n) is 3.95. The number of hydrogen-bond donors (Lipinski definition) is 0. The van der Waals surface area contributed by atoms with Gasteiger partial charge in [-0.2, -0.15) is 0 Å². The van der Waals surface area contributed by atoms with Crippen LogP contribution in [-0.2, 0) is 0 Å². The normalized spacial score (nSPS) is 11.0. The van der Waals surface area contributed by atoms with E-state index < -0.39 is 0 Å². The molecule has 0 saturated heterocycles. The van der Waals surface area contributed by atoms with E-state index in [-0.39, 0.29) is 0 Å². The van der Waals surface area contributed by atoms with Gasteiger partial charge in [-0.1, -0.05) is 36.4 Å². The minimum Gasteiger partial charge on any atom is -0.235 e. The maximum absolute atomic E-state index is 5.01. The standard InChI is InChI=1S/C20H15BrNPS3/c1-24-15-8-4-13(5-9-15)19-18(12-2-6-14(23)7-3-12)22-20(26-19)16-10-11-17(21)25-16/h2-11H,23H2,1H3. The second-order valence-electron chi connectivity index (χ2n) is 5.65. The van der Waals surface area contributed by atoms with Gasteiger partial charge < -0.3 is 0 Å². The monoisotopic (exact) mass is 475 g/mol. The zero-order chi connectivity index (χ0) is 18.1.